The van der Waals surface area contributed by atoms with Crippen molar-refractivity contribution in [3.05, 3.63) is 35.9 Å². The Hall–Kier alpha value is -1.19. The first kappa shape index (κ1) is 18.9. The van der Waals surface area contributed by atoms with Crippen LogP contribution in [0.2, 0.25) is 0 Å². The summed E-state index contributed by atoms with van der Waals surface area (Å²) in [4.78, 5) is 11.9. The van der Waals surface area contributed by atoms with E-state index in [-0.39, 0.29) is 5.78 Å². The summed E-state index contributed by atoms with van der Waals surface area (Å²) in [5.41, 5.74) is 6.29. The summed E-state index contributed by atoms with van der Waals surface area (Å²) in [5.74, 6) is 0.282. The smallest absolute Gasteiger partial charge is 0.162 e. The zero-order valence-electron chi connectivity index (χ0n) is 13.9. The van der Waals surface area contributed by atoms with Crippen LogP contribution in [0.25, 0.3) is 0 Å². The van der Waals surface area contributed by atoms with Gasteiger partial charge in [-0.25, -0.2) is 0 Å². The largest absolute Gasteiger partial charge is 0.330 e. The van der Waals surface area contributed by atoms with E-state index in [1.54, 1.807) is 0 Å². The molecule has 3 N–H and O–H groups in total. The molecule has 0 aromatic heterocycles. The van der Waals surface area contributed by atoms with E-state index in [0.717, 1.165) is 38.0 Å². The fourth-order valence-electron chi connectivity index (χ4n) is 2.54. The van der Waals surface area contributed by atoms with Crippen molar-refractivity contribution in [2.45, 2.75) is 57.8 Å². The van der Waals surface area contributed by atoms with Crippen LogP contribution in [0.3, 0.4) is 0 Å². The van der Waals surface area contributed by atoms with Gasteiger partial charge in [-0.3, -0.25) is 4.79 Å². The zero-order valence-corrected chi connectivity index (χ0v) is 13.9. The first-order chi connectivity index (χ1) is 10.8. The lowest BCUT2D eigenvalue weighted by Crippen LogP contribution is -2.19. The number of ketones is 1. The number of carbonyl (C=O) groups is 1. The van der Waals surface area contributed by atoms with Crippen LogP contribution in [0.4, 0.5) is 0 Å². The number of nitrogens with one attached hydrogen (secondary N) is 1. The number of rotatable bonds is 14. The molecular formula is C19H32N2O. The zero-order chi connectivity index (χ0) is 15.9. The summed E-state index contributed by atoms with van der Waals surface area (Å²) in [6.07, 6.45) is 10.4. The van der Waals surface area contributed by atoms with Crippen LogP contribution in [-0.2, 0) is 0 Å². The van der Waals surface area contributed by atoms with Crippen molar-refractivity contribution in [3.63, 3.8) is 0 Å². The SMILES string of the molecule is NCCCNCCCCCCCCCC(=O)c1ccccc1. The Morgan fingerprint density at radius 3 is 2.09 bits per heavy atom. The molecule has 3 heteroatoms. The third-order valence-electron chi connectivity index (χ3n) is 3.91. The highest BCUT2D eigenvalue weighted by molar-refractivity contribution is 5.95. The van der Waals surface area contributed by atoms with Crippen molar-refractivity contribution in [2.75, 3.05) is 19.6 Å². The third kappa shape index (κ3) is 9.69. The molecule has 1 aromatic rings. The Morgan fingerprint density at radius 2 is 1.41 bits per heavy atom. The molecule has 1 aromatic carbocycles. The van der Waals surface area contributed by atoms with Gasteiger partial charge in [0.2, 0.25) is 0 Å². The Labute approximate surface area is 135 Å². The summed E-state index contributed by atoms with van der Waals surface area (Å²) in [5, 5.41) is 3.41. The van der Waals surface area contributed by atoms with Crippen LogP contribution in [-0.4, -0.2) is 25.4 Å². The predicted molar refractivity (Wildman–Crippen MR) is 94.2 cm³/mol. The number of carbonyl (C=O) groups excluding carboxylic acids is 1. The molecular weight excluding hydrogens is 272 g/mol. The van der Waals surface area contributed by atoms with E-state index in [9.17, 15) is 4.79 Å². The lowest BCUT2D eigenvalue weighted by molar-refractivity contribution is 0.0979. The fourth-order valence-corrected chi connectivity index (χ4v) is 2.54. The van der Waals surface area contributed by atoms with Crippen LogP contribution >= 0.6 is 0 Å². The predicted octanol–water partition coefficient (Wildman–Crippen LogP) is 3.93. The van der Waals surface area contributed by atoms with Crippen molar-refractivity contribution in [2.24, 2.45) is 5.73 Å². The molecule has 0 aliphatic heterocycles. The Morgan fingerprint density at radius 1 is 0.818 bits per heavy atom. The maximum absolute atomic E-state index is 11.9. The molecule has 0 heterocycles. The fraction of sp³-hybridized carbons (Fsp3) is 0.632. The molecule has 0 aliphatic carbocycles. The number of unbranched alkanes of at least 4 members (excludes halogenated alkanes) is 6. The van der Waals surface area contributed by atoms with E-state index in [0.29, 0.717) is 6.42 Å². The van der Waals surface area contributed by atoms with Crippen molar-refractivity contribution in [1.82, 2.24) is 5.32 Å². The molecule has 0 radical (unpaired) electrons. The van der Waals surface area contributed by atoms with Gasteiger partial charge in [-0.1, -0.05) is 62.4 Å². The number of Topliss-reactive ketones (excluding diaryl/α,β-unsaturated/α-hetero) is 1. The minimum Gasteiger partial charge on any atom is -0.330 e. The van der Waals surface area contributed by atoms with Gasteiger partial charge in [0.1, 0.15) is 0 Å². The molecule has 0 spiro atoms. The molecule has 3 nitrogen and oxygen atoms in total. The standard InChI is InChI=1S/C19H32N2O/c20-15-11-17-21-16-10-5-3-1-2-4-9-14-19(22)18-12-7-6-8-13-18/h6-8,12-13,21H,1-5,9-11,14-17,20H2. The second-order valence-corrected chi connectivity index (χ2v) is 5.91. The van der Waals surface area contributed by atoms with Crippen molar-refractivity contribution < 1.29 is 4.79 Å². The van der Waals surface area contributed by atoms with Crippen LogP contribution in [0.1, 0.15) is 68.1 Å². The maximum Gasteiger partial charge on any atom is 0.162 e. The first-order valence-electron chi connectivity index (χ1n) is 8.83. The molecule has 0 atom stereocenters. The van der Waals surface area contributed by atoms with E-state index in [1.165, 1.54) is 38.5 Å². The van der Waals surface area contributed by atoms with Gasteiger partial charge in [-0.05, 0) is 38.9 Å². The highest BCUT2D eigenvalue weighted by Gasteiger charge is 2.03. The van der Waals surface area contributed by atoms with E-state index in [2.05, 4.69) is 5.32 Å². The number of nitrogens with two attached hydrogens (primary N) is 1. The normalized spacial score (nSPS) is 10.8. The highest BCUT2D eigenvalue weighted by atomic mass is 16.1. The lowest BCUT2D eigenvalue weighted by Gasteiger charge is -2.04. The van der Waals surface area contributed by atoms with Gasteiger partial charge in [-0.15, -0.1) is 0 Å². The Balaban J connectivity index is 1.85. The molecule has 0 aliphatic rings. The summed E-state index contributed by atoms with van der Waals surface area (Å²) in [6.45, 7) is 2.94. The summed E-state index contributed by atoms with van der Waals surface area (Å²) in [6, 6.07) is 9.62. The minimum absolute atomic E-state index is 0.282. The Bertz CT molecular complexity index is 378. The quantitative estimate of drug-likeness (QED) is 0.404. The van der Waals surface area contributed by atoms with Gasteiger partial charge < -0.3 is 11.1 Å². The van der Waals surface area contributed by atoms with Crippen LogP contribution in [0.15, 0.2) is 30.3 Å². The molecule has 0 saturated heterocycles. The number of benzene rings is 1. The number of hydrogen-bond donors (Lipinski definition) is 2. The molecule has 0 fully saturated rings. The second-order valence-electron chi connectivity index (χ2n) is 5.91. The van der Waals surface area contributed by atoms with Crippen LogP contribution in [0.5, 0.6) is 0 Å². The molecule has 0 unspecified atom stereocenters. The Kier molecular flexibility index (Phi) is 11.5. The van der Waals surface area contributed by atoms with Crippen molar-refractivity contribution in [3.8, 4) is 0 Å². The van der Waals surface area contributed by atoms with E-state index >= 15 is 0 Å². The molecule has 0 saturated carbocycles. The number of hydrogen-bond acceptors (Lipinski definition) is 3. The summed E-state index contributed by atoms with van der Waals surface area (Å²) >= 11 is 0. The monoisotopic (exact) mass is 304 g/mol. The topological polar surface area (TPSA) is 55.1 Å². The van der Waals surface area contributed by atoms with Gasteiger partial charge in [0.05, 0.1) is 0 Å². The summed E-state index contributed by atoms with van der Waals surface area (Å²) < 4.78 is 0. The van der Waals surface area contributed by atoms with Crippen LogP contribution < -0.4 is 11.1 Å². The van der Waals surface area contributed by atoms with Gasteiger partial charge >= 0.3 is 0 Å². The van der Waals surface area contributed by atoms with E-state index in [4.69, 9.17) is 5.73 Å². The molecule has 124 valence electrons. The van der Waals surface area contributed by atoms with E-state index in [1.807, 2.05) is 30.3 Å². The van der Waals surface area contributed by atoms with Gasteiger partial charge in [0, 0.05) is 12.0 Å². The van der Waals surface area contributed by atoms with Gasteiger partial charge in [0.25, 0.3) is 0 Å². The van der Waals surface area contributed by atoms with Gasteiger partial charge in [0.15, 0.2) is 5.78 Å². The molecule has 1 rings (SSSR count). The first-order valence-corrected chi connectivity index (χ1v) is 8.83. The molecule has 22 heavy (non-hydrogen) atoms. The van der Waals surface area contributed by atoms with Crippen LogP contribution in [0, 0.1) is 0 Å². The third-order valence-corrected chi connectivity index (χ3v) is 3.91. The van der Waals surface area contributed by atoms with Crippen molar-refractivity contribution >= 4 is 5.78 Å². The van der Waals surface area contributed by atoms with E-state index < -0.39 is 0 Å². The average Bonchev–Trinajstić information content (AvgIpc) is 2.56. The summed E-state index contributed by atoms with van der Waals surface area (Å²) in [7, 11) is 0. The molecule has 0 amide bonds. The second kappa shape index (κ2) is 13.5. The maximum atomic E-state index is 11.9. The molecule has 0 bridgehead atoms. The minimum atomic E-state index is 0.282. The lowest BCUT2D eigenvalue weighted by atomic mass is 10.0. The van der Waals surface area contributed by atoms with Crippen molar-refractivity contribution in [1.29, 1.82) is 0 Å². The van der Waals surface area contributed by atoms with Gasteiger partial charge in [-0.2, -0.15) is 0 Å². The highest BCUT2D eigenvalue weighted by Crippen LogP contribution is 2.11. The average molecular weight is 304 g/mol.